The quantitative estimate of drug-likeness (QED) is 0.589. The van der Waals surface area contributed by atoms with Crippen molar-refractivity contribution in [3.63, 3.8) is 0 Å². The molecule has 0 saturated carbocycles. The average Bonchev–Trinajstić information content (AvgIpc) is 2.28. The molecule has 0 rings (SSSR count). The summed E-state index contributed by atoms with van der Waals surface area (Å²) in [5, 5.41) is 1.47. The third-order valence-electron chi connectivity index (χ3n) is 3.14. The summed E-state index contributed by atoms with van der Waals surface area (Å²) in [6, 6.07) is 0. The highest BCUT2D eigenvalue weighted by molar-refractivity contribution is 6.61. The molecule has 0 aliphatic heterocycles. The molecule has 0 unspecified atom stereocenters. The van der Waals surface area contributed by atoms with Gasteiger partial charge in [-0.15, -0.1) is 6.58 Å². The van der Waals surface area contributed by atoms with E-state index in [4.69, 9.17) is 0 Å². The van der Waals surface area contributed by atoms with E-state index in [9.17, 15) is 0 Å². The zero-order valence-electron chi connectivity index (χ0n) is 11.2. The van der Waals surface area contributed by atoms with E-state index in [2.05, 4.69) is 50.3 Å². The Hall–Kier alpha value is -0.123. The van der Waals surface area contributed by atoms with E-state index in [1.165, 1.54) is 5.20 Å². The molecule has 0 aliphatic carbocycles. The van der Waals surface area contributed by atoms with Crippen LogP contribution in [0.2, 0.25) is 0 Å². The number of rotatable bonds is 8. The Labute approximate surface area is 97.7 Å². The van der Waals surface area contributed by atoms with Crippen molar-refractivity contribution in [1.82, 2.24) is 9.13 Å². The van der Waals surface area contributed by atoms with Crippen molar-refractivity contribution in [2.75, 3.05) is 26.2 Å². The summed E-state index contributed by atoms with van der Waals surface area (Å²) in [4.78, 5) is 0. The first-order chi connectivity index (χ1) is 7.15. The van der Waals surface area contributed by atoms with Crippen LogP contribution < -0.4 is 0 Å². The van der Waals surface area contributed by atoms with Crippen molar-refractivity contribution >= 4 is 9.12 Å². The molecule has 15 heavy (non-hydrogen) atoms. The van der Waals surface area contributed by atoms with Gasteiger partial charge in [-0.3, -0.25) is 0 Å². The lowest BCUT2D eigenvalue weighted by Crippen LogP contribution is -2.53. The van der Waals surface area contributed by atoms with Crippen LogP contribution in [0.15, 0.2) is 11.8 Å². The van der Waals surface area contributed by atoms with E-state index < -0.39 is 9.12 Å². The minimum atomic E-state index is -1.09. The SMILES string of the molecule is C=C(CC)[SiH](N(CC)CC)N(CC)CC. The van der Waals surface area contributed by atoms with Crippen LogP contribution >= 0.6 is 0 Å². The molecule has 0 N–H and O–H groups in total. The first-order valence-corrected chi connectivity index (χ1v) is 7.92. The molecule has 90 valence electrons. The molecule has 0 heterocycles. The lowest BCUT2D eigenvalue weighted by Gasteiger charge is -2.37. The normalized spacial score (nSPS) is 11.7. The Morgan fingerprint density at radius 2 is 1.20 bits per heavy atom. The van der Waals surface area contributed by atoms with Gasteiger partial charge in [-0.1, -0.05) is 39.8 Å². The van der Waals surface area contributed by atoms with Gasteiger partial charge >= 0.3 is 0 Å². The predicted octanol–water partition coefficient (Wildman–Crippen LogP) is 2.40. The maximum absolute atomic E-state index is 4.29. The topological polar surface area (TPSA) is 6.48 Å². The zero-order valence-corrected chi connectivity index (χ0v) is 12.4. The second kappa shape index (κ2) is 8.08. The number of hydrogen-bond donors (Lipinski definition) is 0. The predicted molar refractivity (Wildman–Crippen MR) is 72.4 cm³/mol. The third kappa shape index (κ3) is 4.09. The zero-order chi connectivity index (χ0) is 11.8. The molecule has 0 aromatic heterocycles. The van der Waals surface area contributed by atoms with Crippen molar-refractivity contribution in [2.45, 2.75) is 41.0 Å². The van der Waals surface area contributed by atoms with Crippen LogP contribution in [0, 0.1) is 0 Å². The van der Waals surface area contributed by atoms with E-state index in [0.717, 1.165) is 32.6 Å². The smallest absolute Gasteiger partial charge is 0.218 e. The Balaban J connectivity index is 4.75. The minimum absolute atomic E-state index is 1.09. The first kappa shape index (κ1) is 14.9. The van der Waals surface area contributed by atoms with E-state index in [1.807, 2.05) is 0 Å². The summed E-state index contributed by atoms with van der Waals surface area (Å²) in [6.07, 6.45) is 1.13. The van der Waals surface area contributed by atoms with E-state index >= 15 is 0 Å². The molecular weight excluding hydrogens is 200 g/mol. The average molecular weight is 228 g/mol. The number of allylic oxidation sites excluding steroid dienone is 1. The Morgan fingerprint density at radius 1 is 0.867 bits per heavy atom. The van der Waals surface area contributed by atoms with E-state index in [0.29, 0.717) is 0 Å². The molecule has 0 aliphatic rings. The standard InChI is InChI=1S/C12H28N2Si/c1-7-12(6)15(13(8-2)9-3)14(10-4)11-5/h15H,6-11H2,1-5H3. The summed E-state index contributed by atoms with van der Waals surface area (Å²) in [7, 11) is -1.09. The summed E-state index contributed by atoms with van der Waals surface area (Å²) >= 11 is 0. The van der Waals surface area contributed by atoms with Gasteiger partial charge in [0.25, 0.3) is 0 Å². The highest BCUT2D eigenvalue weighted by Crippen LogP contribution is 2.12. The van der Waals surface area contributed by atoms with Gasteiger partial charge in [-0.2, -0.15) is 0 Å². The molecular formula is C12H28N2Si. The molecule has 0 fully saturated rings. The maximum atomic E-state index is 4.29. The molecule has 0 saturated heterocycles. The molecule has 0 atom stereocenters. The summed E-state index contributed by atoms with van der Waals surface area (Å²) < 4.78 is 5.25. The molecule has 0 spiro atoms. The Bertz CT molecular complexity index is 162. The van der Waals surface area contributed by atoms with Gasteiger partial charge in [0.2, 0.25) is 9.12 Å². The van der Waals surface area contributed by atoms with Crippen molar-refractivity contribution in [3.8, 4) is 0 Å². The van der Waals surface area contributed by atoms with Crippen LogP contribution in [-0.4, -0.2) is 44.4 Å². The first-order valence-electron chi connectivity index (χ1n) is 6.31. The van der Waals surface area contributed by atoms with Crippen LogP contribution in [-0.2, 0) is 0 Å². The lowest BCUT2D eigenvalue weighted by atomic mass is 10.5. The van der Waals surface area contributed by atoms with E-state index in [-0.39, 0.29) is 0 Å². The fourth-order valence-corrected chi connectivity index (χ4v) is 5.31. The van der Waals surface area contributed by atoms with Gasteiger partial charge in [-0.05, 0) is 32.6 Å². The van der Waals surface area contributed by atoms with Gasteiger partial charge < -0.3 is 9.13 Å². The van der Waals surface area contributed by atoms with Crippen LogP contribution in [0.3, 0.4) is 0 Å². The molecule has 0 aromatic rings. The number of hydrogen-bond acceptors (Lipinski definition) is 2. The summed E-state index contributed by atoms with van der Waals surface area (Å²) in [6.45, 7) is 20.2. The fraction of sp³-hybridized carbons (Fsp3) is 0.833. The van der Waals surface area contributed by atoms with Gasteiger partial charge in [0.05, 0.1) is 0 Å². The van der Waals surface area contributed by atoms with Crippen LogP contribution in [0.4, 0.5) is 0 Å². The minimum Gasteiger partial charge on any atom is -0.311 e. The van der Waals surface area contributed by atoms with Crippen molar-refractivity contribution < 1.29 is 0 Å². The second-order valence-corrected chi connectivity index (χ2v) is 6.85. The lowest BCUT2D eigenvalue weighted by molar-refractivity contribution is 0.383. The van der Waals surface area contributed by atoms with Gasteiger partial charge in [-0.25, -0.2) is 0 Å². The molecule has 0 bridgehead atoms. The highest BCUT2D eigenvalue weighted by atomic mass is 28.3. The van der Waals surface area contributed by atoms with Gasteiger partial charge in [0.1, 0.15) is 0 Å². The van der Waals surface area contributed by atoms with Crippen molar-refractivity contribution in [3.05, 3.63) is 11.8 Å². The van der Waals surface area contributed by atoms with Gasteiger partial charge in [0, 0.05) is 0 Å². The molecule has 0 aromatic carbocycles. The summed E-state index contributed by atoms with van der Waals surface area (Å²) in [5.74, 6) is 0. The molecule has 3 heteroatoms. The van der Waals surface area contributed by atoms with Crippen molar-refractivity contribution in [2.24, 2.45) is 0 Å². The van der Waals surface area contributed by atoms with Crippen molar-refractivity contribution in [1.29, 1.82) is 0 Å². The Morgan fingerprint density at radius 3 is 1.40 bits per heavy atom. The Kier molecular flexibility index (Phi) is 8.01. The van der Waals surface area contributed by atoms with Gasteiger partial charge in [0.15, 0.2) is 0 Å². The summed E-state index contributed by atoms with van der Waals surface area (Å²) in [5.41, 5.74) is 0. The van der Waals surface area contributed by atoms with Crippen LogP contribution in [0.5, 0.6) is 0 Å². The van der Waals surface area contributed by atoms with E-state index in [1.54, 1.807) is 0 Å². The maximum Gasteiger partial charge on any atom is 0.218 e. The highest BCUT2D eigenvalue weighted by Gasteiger charge is 2.25. The molecule has 0 radical (unpaired) electrons. The largest absolute Gasteiger partial charge is 0.311 e. The monoisotopic (exact) mass is 228 g/mol. The fourth-order valence-electron chi connectivity index (χ4n) is 2.07. The third-order valence-corrected chi connectivity index (χ3v) is 7.12. The van der Waals surface area contributed by atoms with Crippen LogP contribution in [0.1, 0.15) is 41.0 Å². The number of nitrogens with zero attached hydrogens (tertiary/aromatic N) is 2. The molecule has 0 amide bonds. The van der Waals surface area contributed by atoms with Crippen LogP contribution in [0.25, 0.3) is 0 Å². The molecule has 2 nitrogen and oxygen atoms in total. The second-order valence-electron chi connectivity index (χ2n) is 3.83.